The van der Waals surface area contributed by atoms with Gasteiger partial charge in [0.05, 0.1) is 13.0 Å². The van der Waals surface area contributed by atoms with Gasteiger partial charge in [0.1, 0.15) is 18.6 Å². The van der Waals surface area contributed by atoms with E-state index in [1.807, 2.05) is 6.07 Å². The van der Waals surface area contributed by atoms with Crippen molar-refractivity contribution in [3.63, 3.8) is 0 Å². The van der Waals surface area contributed by atoms with Gasteiger partial charge in [0.2, 0.25) is 11.4 Å². The molecule has 14 heteroatoms. The molecule has 1 aliphatic rings. The van der Waals surface area contributed by atoms with Crippen LogP contribution in [0.3, 0.4) is 0 Å². The first-order chi connectivity index (χ1) is 21.6. The molecule has 2 aromatic rings. The maximum atomic E-state index is 13.5. The number of pyridine rings is 1. The summed E-state index contributed by atoms with van der Waals surface area (Å²) < 4.78 is 32.4. The van der Waals surface area contributed by atoms with Gasteiger partial charge in [-0.1, -0.05) is 44.2 Å². The SMILES string of the molecule is COc1ccnc(C(=O)NC2COC(=O)C(Cc3ccccc3)C(OC(=O)C(C)C)C(C)OC2=O)c1OC(=O)C(C)(C)OC(C)=O. The predicted molar refractivity (Wildman–Crippen MR) is 158 cm³/mol. The molecule has 46 heavy (non-hydrogen) atoms. The molecule has 1 N–H and O–H groups in total. The molecule has 0 bridgehead atoms. The molecule has 1 aromatic carbocycles. The van der Waals surface area contributed by atoms with Crippen molar-refractivity contribution in [3.05, 3.63) is 53.9 Å². The van der Waals surface area contributed by atoms with E-state index >= 15 is 0 Å². The maximum Gasteiger partial charge on any atom is 0.355 e. The summed E-state index contributed by atoms with van der Waals surface area (Å²) in [5, 5.41) is 2.40. The quantitative estimate of drug-likeness (QED) is 0.295. The second-order valence-electron chi connectivity index (χ2n) is 11.3. The Labute approximate surface area is 266 Å². The Morgan fingerprint density at radius 1 is 1.07 bits per heavy atom. The van der Waals surface area contributed by atoms with Crippen LogP contribution in [-0.4, -0.2) is 78.3 Å². The van der Waals surface area contributed by atoms with Gasteiger partial charge in [-0.15, -0.1) is 0 Å². The van der Waals surface area contributed by atoms with Crippen molar-refractivity contribution in [1.29, 1.82) is 0 Å². The Morgan fingerprint density at radius 2 is 1.74 bits per heavy atom. The number of esters is 5. The van der Waals surface area contributed by atoms with Gasteiger partial charge in [-0.2, -0.15) is 0 Å². The fourth-order valence-electron chi connectivity index (χ4n) is 4.45. The zero-order chi connectivity index (χ0) is 34.2. The monoisotopic (exact) mass is 642 g/mol. The largest absolute Gasteiger partial charge is 0.493 e. The Hall–Kier alpha value is -5.01. The number of nitrogens with zero attached hydrogens (tertiary/aromatic N) is 1. The molecule has 0 saturated carbocycles. The van der Waals surface area contributed by atoms with Crippen LogP contribution in [0.25, 0.3) is 0 Å². The van der Waals surface area contributed by atoms with Gasteiger partial charge >= 0.3 is 29.8 Å². The normalized spacial score (nSPS) is 20.2. The van der Waals surface area contributed by atoms with E-state index in [1.54, 1.807) is 38.1 Å². The summed E-state index contributed by atoms with van der Waals surface area (Å²) >= 11 is 0. The van der Waals surface area contributed by atoms with E-state index in [2.05, 4.69) is 10.3 Å². The molecule has 0 radical (unpaired) electrons. The van der Waals surface area contributed by atoms with E-state index in [-0.39, 0.29) is 12.2 Å². The van der Waals surface area contributed by atoms with Crippen LogP contribution in [0.5, 0.6) is 11.5 Å². The van der Waals surface area contributed by atoms with Gasteiger partial charge in [0.25, 0.3) is 5.91 Å². The second kappa shape index (κ2) is 15.3. The number of amides is 1. The number of carbonyl (C=O) groups is 6. The van der Waals surface area contributed by atoms with Crippen LogP contribution in [0, 0.1) is 11.8 Å². The van der Waals surface area contributed by atoms with Gasteiger partial charge in [0, 0.05) is 19.2 Å². The van der Waals surface area contributed by atoms with Crippen LogP contribution in [0.2, 0.25) is 0 Å². The van der Waals surface area contributed by atoms with Crippen molar-refractivity contribution >= 4 is 35.8 Å². The van der Waals surface area contributed by atoms with Crippen LogP contribution >= 0.6 is 0 Å². The van der Waals surface area contributed by atoms with Gasteiger partial charge < -0.3 is 33.7 Å². The highest BCUT2D eigenvalue weighted by molar-refractivity contribution is 5.99. The Kier molecular flexibility index (Phi) is 11.8. The highest BCUT2D eigenvalue weighted by atomic mass is 16.6. The van der Waals surface area contributed by atoms with Crippen LogP contribution < -0.4 is 14.8 Å². The fourth-order valence-corrected chi connectivity index (χ4v) is 4.45. The average molecular weight is 643 g/mol. The third kappa shape index (κ3) is 9.02. The molecule has 1 aliphatic heterocycles. The van der Waals surface area contributed by atoms with Crippen LogP contribution in [0.1, 0.15) is 57.6 Å². The zero-order valence-electron chi connectivity index (χ0n) is 26.7. The van der Waals surface area contributed by atoms with E-state index in [1.165, 1.54) is 40.1 Å². The van der Waals surface area contributed by atoms with Crippen LogP contribution in [0.15, 0.2) is 42.6 Å². The maximum absolute atomic E-state index is 13.5. The third-order valence-electron chi connectivity index (χ3n) is 6.86. The molecule has 14 nitrogen and oxygen atoms in total. The Morgan fingerprint density at radius 3 is 2.35 bits per heavy atom. The summed E-state index contributed by atoms with van der Waals surface area (Å²) in [5.41, 5.74) is -1.46. The van der Waals surface area contributed by atoms with E-state index < -0.39 is 89.5 Å². The lowest BCUT2D eigenvalue weighted by Gasteiger charge is -2.29. The zero-order valence-corrected chi connectivity index (χ0v) is 26.7. The lowest BCUT2D eigenvalue weighted by Crippen LogP contribution is -2.47. The molecule has 4 unspecified atom stereocenters. The summed E-state index contributed by atoms with van der Waals surface area (Å²) in [6, 6.07) is 8.75. The number of cyclic esters (lactones) is 2. The number of hydrogen-bond acceptors (Lipinski definition) is 13. The highest BCUT2D eigenvalue weighted by Gasteiger charge is 2.43. The Bertz CT molecular complexity index is 1460. The van der Waals surface area contributed by atoms with Crippen LogP contribution in [-0.2, 0) is 49.3 Å². The standard InChI is InChI=1S/C32H38N2O12/c1-17(2)28(37)44-25-18(3)43-30(39)22(16-42-29(38)21(25)15-20-11-9-8-10-12-20)34-27(36)24-26(23(41-7)13-14-33-24)45-31(40)32(5,6)46-19(4)35/h8-14,17-18,21-22,25H,15-16H2,1-7H3,(H,34,36). The summed E-state index contributed by atoms with van der Waals surface area (Å²) in [6.45, 7) is 7.78. The first kappa shape index (κ1) is 35.5. The average Bonchev–Trinajstić information content (AvgIpc) is 3.02. The highest BCUT2D eigenvalue weighted by Crippen LogP contribution is 2.31. The lowest BCUT2D eigenvalue weighted by atomic mass is 9.91. The predicted octanol–water partition coefficient (Wildman–Crippen LogP) is 2.35. The number of ether oxygens (including phenoxy) is 6. The number of nitrogens with one attached hydrogen (secondary N) is 1. The molecule has 1 saturated heterocycles. The fraction of sp³-hybridized carbons (Fsp3) is 0.469. The summed E-state index contributed by atoms with van der Waals surface area (Å²) in [5.74, 6) is -7.24. The van der Waals surface area contributed by atoms with Crippen molar-refractivity contribution in [2.75, 3.05) is 13.7 Å². The number of hydrogen-bond donors (Lipinski definition) is 1. The molecule has 2 heterocycles. The third-order valence-corrected chi connectivity index (χ3v) is 6.86. The Balaban J connectivity index is 1.90. The molecule has 1 fully saturated rings. The molecular weight excluding hydrogens is 604 g/mol. The van der Waals surface area contributed by atoms with E-state index in [4.69, 9.17) is 28.4 Å². The number of methoxy groups -OCH3 is 1. The lowest BCUT2D eigenvalue weighted by molar-refractivity contribution is -0.176. The van der Waals surface area contributed by atoms with Crippen molar-refractivity contribution in [3.8, 4) is 11.5 Å². The van der Waals surface area contributed by atoms with Crippen molar-refractivity contribution in [2.24, 2.45) is 11.8 Å². The molecule has 3 rings (SSSR count). The molecule has 0 spiro atoms. The minimum Gasteiger partial charge on any atom is -0.493 e. The van der Waals surface area contributed by atoms with Gasteiger partial charge in [-0.25, -0.2) is 14.6 Å². The van der Waals surface area contributed by atoms with Crippen molar-refractivity contribution < 1.29 is 57.2 Å². The number of aromatic nitrogens is 1. The van der Waals surface area contributed by atoms with Crippen LogP contribution in [0.4, 0.5) is 0 Å². The van der Waals surface area contributed by atoms with Gasteiger partial charge in [-0.05, 0) is 32.8 Å². The molecule has 4 atom stereocenters. The molecule has 1 aromatic heterocycles. The summed E-state index contributed by atoms with van der Waals surface area (Å²) in [4.78, 5) is 81.2. The topological polar surface area (TPSA) is 183 Å². The number of carbonyl (C=O) groups excluding carboxylic acids is 6. The molecule has 0 aliphatic carbocycles. The second-order valence-corrected chi connectivity index (χ2v) is 11.3. The summed E-state index contributed by atoms with van der Waals surface area (Å²) in [6.07, 6.45) is -1.01. The van der Waals surface area contributed by atoms with E-state index in [0.29, 0.717) is 0 Å². The molecule has 1 amide bonds. The molecular formula is C32H38N2O12. The molecule has 248 valence electrons. The number of benzene rings is 1. The first-order valence-electron chi connectivity index (χ1n) is 14.5. The minimum atomic E-state index is -1.74. The van der Waals surface area contributed by atoms with Crippen molar-refractivity contribution in [2.45, 2.75) is 71.8 Å². The van der Waals surface area contributed by atoms with E-state index in [9.17, 15) is 28.8 Å². The van der Waals surface area contributed by atoms with Gasteiger partial charge in [0.15, 0.2) is 23.6 Å². The van der Waals surface area contributed by atoms with Gasteiger partial charge in [-0.3, -0.25) is 19.2 Å². The smallest absolute Gasteiger partial charge is 0.355 e. The summed E-state index contributed by atoms with van der Waals surface area (Å²) in [7, 11) is 1.26. The van der Waals surface area contributed by atoms with E-state index in [0.717, 1.165) is 12.5 Å². The minimum absolute atomic E-state index is 0.0669. The first-order valence-corrected chi connectivity index (χ1v) is 14.5. The number of rotatable bonds is 10. The van der Waals surface area contributed by atoms with Crippen molar-refractivity contribution in [1.82, 2.24) is 10.3 Å².